The van der Waals surface area contributed by atoms with Crippen LogP contribution in [-0.4, -0.2) is 21.4 Å². The molecule has 28 heavy (non-hydrogen) atoms. The molecule has 2 N–H and O–H groups in total. The third kappa shape index (κ3) is 5.07. The van der Waals surface area contributed by atoms with Crippen LogP contribution in [0.1, 0.15) is 29.2 Å². The highest BCUT2D eigenvalue weighted by Gasteiger charge is 2.18. The quantitative estimate of drug-likeness (QED) is 0.621. The first-order chi connectivity index (χ1) is 13.5. The van der Waals surface area contributed by atoms with E-state index in [1.165, 1.54) is 0 Å². The van der Waals surface area contributed by atoms with Gasteiger partial charge in [0.15, 0.2) is 0 Å². The molecule has 0 bridgehead atoms. The molecule has 0 spiro atoms. The summed E-state index contributed by atoms with van der Waals surface area (Å²) in [7, 11) is 0. The number of benzene rings is 2. The van der Waals surface area contributed by atoms with Gasteiger partial charge in [-0.05, 0) is 36.6 Å². The standard InChI is InChI=1S/C22H24N4O2/c1-16-7-6-10-19(17(16)2)24-21(27)13-22(28)25-20(14-26-12-11-23-15-26)18-8-4-3-5-9-18/h3-12,15,20H,13-14H2,1-2H3,(H,24,27)(H,25,28). The Labute approximate surface area is 164 Å². The molecule has 0 radical (unpaired) electrons. The highest BCUT2D eigenvalue weighted by atomic mass is 16.2. The summed E-state index contributed by atoms with van der Waals surface area (Å²) in [6.45, 7) is 4.47. The predicted molar refractivity (Wildman–Crippen MR) is 109 cm³/mol. The highest BCUT2D eigenvalue weighted by molar-refractivity contribution is 6.04. The van der Waals surface area contributed by atoms with Crippen LogP contribution in [-0.2, 0) is 16.1 Å². The molecule has 1 heterocycles. The van der Waals surface area contributed by atoms with Gasteiger partial charge in [0.2, 0.25) is 11.8 Å². The number of carbonyl (C=O) groups excluding carboxylic acids is 2. The second-order valence-corrected chi connectivity index (χ2v) is 6.76. The van der Waals surface area contributed by atoms with Crippen LogP contribution in [0.15, 0.2) is 67.3 Å². The number of anilines is 1. The van der Waals surface area contributed by atoms with Crippen molar-refractivity contribution in [3.63, 3.8) is 0 Å². The Hall–Kier alpha value is -3.41. The molecular formula is C22H24N4O2. The number of rotatable bonds is 7. The van der Waals surface area contributed by atoms with E-state index < -0.39 is 0 Å². The zero-order valence-electron chi connectivity index (χ0n) is 16.1. The van der Waals surface area contributed by atoms with Crippen molar-refractivity contribution < 1.29 is 9.59 Å². The first kappa shape index (κ1) is 19.4. The molecule has 0 fully saturated rings. The summed E-state index contributed by atoms with van der Waals surface area (Å²) in [6.07, 6.45) is 5.01. The maximum Gasteiger partial charge on any atom is 0.233 e. The van der Waals surface area contributed by atoms with Crippen LogP contribution in [0.3, 0.4) is 0 Å². The Kier molecular flexibility index (Phi) is 6.22. The van der Waals surface area contributed by atoms with Crippen LogP contribution in [0.25, 0.3) is 0 Å². The molecule has 0 aliphatic carbocycles. The molecule has 144 valence electrons. The van der Waals surface area contributed by atoms with E-state index in [9.17, 15) is 9.59 Å². The van der Waals surface area contributed by atoms with Gasteiger partial charge >= 0.3 is 0 Å². The number of hydrogen-bond donors (Lipinski definition) is 2. The van der Waals surface area contributed by atoms with E-state index in [0.29, 0.717) is 6.54 Å². The van der Waals surface area contributed by atoms with Gasteiger partial charge in [0.05, 0.1) is 12.4 Å². The SMILES string of the molecule is Cc1cccc(NC(=O)CC(=O)NC(Cn2ccnc2)c2ccccc2)c1C. The van der Waals surface area contributed by atoms with Gasteiger partial charge < -0.3 is 15.2 Å². The molecule has 0 aliphatic heterocycles. The number of imidazole rings is 1. The normalized spacial score (nSPS) is 11.6. The zero-order chi connectivity index (χ0) is 19.9. The topological polar surface area (TPSA) is 76.0 Å². The lowest BCUT2D eigenvalue weighted by Crippen LogP contribution is -2.33. The molecule has 3 rings (SSSR count). The van der Waals surface area contributed by atoms with Crippen molar-refractivity contribution in [2.45, 2.75) is 32.9 Å². The van der Waals surface area contributed by atoms with Gasteiger partial charge in [0.25, 0.3) is 0 Å². The van der Waals surface area contributed by atoms with Crippen LogP contribution in [0.5, 0.6) is 0 Å². The van der Waals surface area contributed by atoms with Crippen LogP contribution < -0.4 is 10.6 Å². The summed E-state index contributed by atoms with van der Waals surface area (Å²) in [5, 5.41) is 5.79. The number of carbonyl (C=O) groups is 2. The van der Waals surface area contributed by atoms with E-state index in [0.717, 1.165) is 22.4 Å². The van der Waals surface area contributed by atoms with Crippen LogP contribution in [0, 0.1) is 13.8 Å². The van der Waals surface area contributed by atoms with Crippen LogP contribution >= 0.6 is 0 Å². The fraction of sp³-hybridized carbons (Fsp3) is 0.227. The summed E-state index contributed by atoms with van der Waals surface area (Å²) in [6, 6.07) is 15.1. The Balaban J connectivity index is 1.64. The van der Waals surface area contributed by atoms with Gasteiger partial charge in [-0.3, -0.25) is 9.59 Å². The van der Waals surface area contributed by atoms with Crippen molar-refractivity contribution in [3.8, 4) is 0 Å². The average molecular weight is 376 g/mol. The van der Waals surface area contributed by atoms with Crippen molar-refractivity contribution in [1.29, 1.82) is 0 Å². The maximum atomic E-state index is 12.5. The molecule has 3 aromatic rings. The number of nitrogens with zero attached hydrogens (tertiary/aromatic N) is 2. The number of amides is 2. The first-order valence-corrected chi connectivity index (χ1v) is 9.19. The van der Waals surface area contributed by atoms with Crippen molar-refractivity contribution in [2.75, 3.05) is 5.32 Å². The van der Waals surface area contributed by atoms with Gasteiger partial charge in [0.1, 0.15) is 6.42 Å². The van der Waals surface area contributed by atoms with Crippen LogP contribution in [0.2, 0.25) is 0 Å². The number of nitrogens with one attached hydrogen (secondary N) is 2. The van der Waals surface area contributed by atoms with Gasteiger partial charge in [-0.2, -0.15) is 0 Å². The molecule has 1 unspecified atom stereocenters. The fourth-order valence-electron chi connectivity index (χ4n) is 3.00. The Morgan fingerprint density at radius 1 is 1.04 bits per heavy atom. The highest BCUT2D eigenvalue weighted by Crippen LogP contribution is 2.18. The third-order valence-corrected chi connectivity index (χ3v) is 4.69. The summed E-state index contributed by atoms with van der Waals surface area (Å²) in [4.78, 5) is 28.9. The number of hydrogen-bond acceptors (Lipinski definition) is 3. The molecule has 0 saturated carbocycles. The van der Waals surface area contributed by atoms with E-state index in [4.69, 9.17) is 0 Å². The van der Waals surface area contributed by atoms with Crippen molar-refractivity contribution in [1.82, 2.24) is 14.9 Å². The summed E-state index contributed by atoms with van der Waals surface area (Å²) in [5.41, 5.74) is 3.79. The van der Waals surface area contributed by atoms with Crippen molar-refractivity contribution >= 4 is 17.5 Å². The average Bonchev–Trinajstić information content (AvgIpc) is 3.19. The molecular weight excluding hydrogens is 352 g/mol. The Morgan fingerprint density at radius 2 is 1.82 bits per heavy atom. The largest absolute Gasteiger partial charge is 0.347 e. The molecule has 0 aliphatic rings. The Bertz CT molecular complexity index is 936. The molecule has 0 saturated heterocycles. The van der Waals surface area contributed by atoms with Gasteiger partial charge in [-0.25, -0.2) is 4.98 Å². The molecule has 2 amide bonds. The van der Waals surface area contributed by atoms with E-state index in [-0.39, 0.29) is 24.3 Å². The summed E-state index contributed by atoms with van der Waals surface area (Å²) in [5.74, 6) is -0.655. The third-order valence-electron chi connectivity index (χ3n) is 4.69. The summed E-state index contributed by atoms with van der Waals surface area (Å²) < 4.78 is 1.90. The monoisotopic (exact) mass is 376 g/mol. The lowest BCUT2D eigenvalue weighted by Gasteiger charge is -2.20. The van der Waals surface area contributed by atoms with Gasteiger partial charge in [-0.15, -0.1) is 0 Å². The molecule has 1 atom stereocenters. The minimum atomic E-state index is -0.333. The maximum absolute atomic E-state index is 12.5. The lowest BCUT2D eigenvalue weighted by atomic mass is 10.1. The lowest BCUT2D eigenvalue weighted by molar-refractivity contribution is -0.127. The zero-order valence-corrected chi connectivity index (χ0v) is 16.1. The smallest absolute Gasteiger partial charge is 0.233 e. The minimum Gasteiger partial charge on any atom is -0.347 e. The first-order valence-electron chi connectivity index (χ1n) is 9.19. The molecule has 6 nitrogen and oxygen atoms in total. The van der Waals surface area contributed by atoms with Crippen LogP contribution in [0.4, 0.5) is 5.69 Å². The van der Waals surface area contributed by atoms with Crippen molar-refractivity contribution in [3.05, 3.63) is 83.9 Å². The van der Waals surface area contributed by atoms with Crippen molar-refractivity contribution in [2.24, 2.45) is 0 Å². The van der Waals surface area contributed by atoms with Gasteiger partial charge in [-0.1, -0.05) is 42.5 Å². The Morgan fingerprint density at radius 3 is 2.54 bits per heavy atom. The second-order valence-electron chi connectivity index (χ2n) is 6.76. The number of aromatic nitrogens is 2. The van der Waals surface area contributed by atoms with E-state index >= 15 is 0 Å². The number of aryl methyl sites for hydroxylation is 1. The predicted octanol–water partition coefficient (Wildman–Crippen LogP) is 3.39. The molecule has 2 aromatic carbocycles. The minimum absolute atomic E-state index is 0.235. The molecule has 1 aromatic heterocycles. The fourth-order valence-corrected chi connectivity index (χ4v) is 3.00. The van der Waals surface area contributed by atoms with E-state index in [2.05, 4.69) is 15.6 Å². The summed E-state index contributed by atoms with van der Waals surface area (Å²) >= 11 is 0. The van der Waals surface area contributed by atoms with E-state index in [1.54, 1.807) is 12.5 Å². The molecule has 6 heteroatoms. The van der Waals surface area contributed by atoms with Gasteiger partial charge in [0, 0.05) is 24.6 Å². The second kappa shape index (κ2) is 8.99. The van der Waals surface area contributed by atoms with E-state index in [1.807, 2.05) is 73.1 Å².